The van der Waals surface area contributed by atoms with E-state index in [0.29, 0.717) is 25.0 Å². The molecule has 1 amide bonds. The molecule has 0 aliphatic carbocycles. The van der Waals surface area contributed by atoms with Crippen LogP contribution in [0.4, 0.5) is 0 Å². The number of nitrogens with one attached hydrogen (secondary N) is 1. The van der Waals surface area contributed by atoms with Crippen LogP contribution in [0.25, 0.3) is 11.3 Å². The summed E-state index contributed by atoms with van der Waals surface area (Å²) in [5.74, 6) is 0.646. The van der Waals surface area contributed by atoms with E-state index in [2.05, 4.69) is 10.3 Å². The summed E-state index contributed by atoms with van der Waals surface area (Å²) in [5, 5.41) is 2.73. The Morgan fingerprint density at radius 2 is 1.86 bits per heavy atom. The molecule has 0 aliphatic heterocycles. The molecule has 1 atom stereocenters. The van der Waals surface area contributed by atoms with Gasteiger partial charge in [0, 0.05) is 24.9 Å². The average molecular weight is 383 g/mol. The van der Waals surface area contributed by atoms with E-state index in [1.54, 1.807) is 20.2 Å². The number of aromatic nitrogens is 1. The molecule has 150 valence electrons. The van der Waals surface area contributed by atoms with Crippen molar-refractivity contribution in [2.45, 2.75) is 40.0 Å². The van der Waals surface area contributed by atoms with Gasteiger partial charge in [0.1, 0.15) is 11.4 Å². The predicted octanol–water partition coefficient (Wildman–Crippen LogP) is 4.52. The lowest BCUT2D eigenvalue weighted by Gasteiger charge is -2.29. The Bertz CT molecular complexity index is 825. The van der Waals surface area contributed by atoms with E-state index in [-0.39, 0.29) is 23.0 Å². The summed E-state index contributed by atoms with van der Waals surface area (Å²) in [6.45, 7) is 6.15. The Kier molecular flexibility index (Phi) is 7.32. The van der Waals surface area contributed by atoms with Gasteiger partial charge in [-0.05, 0) is 42.5 Å². The van der Waals surface area contributed by atoms with E-state index in [4.69, 9.17) is 4.74 Å². The summed E-state index contributed by atoms with van der Waals surface area (Å²) < 4.78 is 5.26. The molecule has 0 aliphatic rings. The molecule has 0 spiro atoms. The van der Waals surface area contributed by atoms with Crippen molar-refractivity contribution in [1.82, 2.24) is 10.3 Å². The Hall–Kier alpha value is -2.69. The maximum Gasteiger partial charge on any atom is 0.223 e. The van der Waals surface area contributed by atoms with Crippen molar-refractivity contribution in [2.24, 2.45) is 11.3 Å². The van der Waals surface area contributed by atoms with Crippen LogP contribution in [0.3, 0.4) is 0 Å². The zero-order valence-electron chi connectivity index (χ0n) is 17.4. The number of ether oxygens (including phenoxy) is 1. The number of carbonyl (C=O) groups is 2. The van der Waals surface area contributed by atoms with Crippen molar-refractivity contribution in [3.05, 3.63) is 48.2 Å². The molecule has 1 N–H and O–H groups in total. The third-order valence-corrected chi connectivity index (χ3v) is 4.91. The van der Waals surface area contributed by atoms with Gasteiger partial charge in [-0.1, -0.05) is 39.0 Å². The van der Waals surface area contributed by atoms with Crippen LogP contribution < -0.4 is 10.1 Å². The molecule has 0 unspecified atom stereocenters. The second-order valence-electron chi connectivity index (χ2n) is 7.99. The highest BCUT2D eigenvalue weighted by Crippen LogP contribution is 2.30. The number of Topliss-reactive ketones (excluding diaryl/α,β-unsaturated/α-hetero) is 1. The largest absolute Gasteiger partial charge is 0.497 e. The van der Waals surface area contributed by atoms with Crippen LogP contribution >= 0.6 is 0 Å². The van der Waals surface area contributed by atoms with Crippen molar-refractivity contribution < 1.29 is 14.3 Å². The van der Waals surface area contributed by atoms with E-state index < -0.39 is 0 Å². The fourth-order valence-electron chi connectivity index (χ4n) is 3.26. The van der Waals surface area contributed by atoms with Gasteiger partial charge < -0.3 is 10.1 Å². The molecule has 2 rings (SSSR count). The van der Waals surface area contributed by atoms with Crippen molar-refractivity contribution >= 4 is 11.7 Å². The number of hydrogen-bond acceptors (Lipinski definition) is 4. The third kappa shape index (κ3) is 5.65. The lowest BCUT2D eigenvalue weighted by atomic mass is 9.77. The van der Waals surface area contributed by atoms with E-state index in [0.717, 1.165) is 17.0 Å². The minimum absolute atomic E-state index is 0.00527. The van der Waals surface area contributed by atoms with Crippen molar-refractivity contribution in [2.75, 3.05) is 14.2 Å². The zero-order valence-corrected chi connectivity index (χ0v) is 17.4. The minimum Gasteiger partial charge on any atom is -0.497 e. The highest BCUT2D eigenvalue weighted by molar-refractivity contribution is 5.94. The molecule has 0 saturated carbocycles. The number of pyridine rings is 1. The van der Waals surface area contributed by atoms with Gasteiger partial charge in [0.15, 0.2) is 5.78 Å². The lowest BCUT2D eigenvalue weighted by molar-refractivity contribution is -0.128. The van der Waals surface area contributed by atoms with Gasteiger partial charge in [0.05, 0.1) is 12.8 Å². The summed E-state index contributed by atoms with van der Waals surface area (Å²) in [6, 6.07) is 13.1. The fourth-order valence-corrected chi connectivity index (χ4v) is 3.26. The molecule has 1 aromatic heterocycles. The van der Waals surface area contributed by atoms with Crippen molar-refractivity contribution in [1.29, 1.82) is 0 Å². The number of nitrogens with zero attached hydrogens (tertiary/aromatic N) is 1. The van der Waals surface area contributed by atoms with Crippen LogP contribution in [0, 0.1) is 11.3 Å². The van der Waals surface area contributed by atoms with Crippen molar-refractivity contribution in [3.63, 3.8) is 0 Å². The van der Waals surface area contributed by atoms with Crippen molar-refractivity contribution in [3.8, 4) is 17.0 Å². The third-order valence-electron chi connectivity index (χ3n) is 4.91. The van der Waals surface area contributed by atoms with Crippen LogP contribution in [0.1, 0.15) is 50.5 Å². The van der Waals surface area contributed by atoms with Gasteiger partial charge in [-0.25, -0.2) is 4.98 Å². The molecule has 0 saturated heterocycles. The predicted molar refractivity (Wildman–Crippen MR) is 111 cm³/mol. The molecule has 2 aromatic rings. The SMILES string of the molecule is CNC(=O)[C@@H](CCCC(=O)c1cccc(-c2cccc(OC)c2)n1)C(C)(C)C. The average Bonchev–Trinajstić information content (AvgIpc) is 2.69. The minimum atomic E-state index is -0.145. The normalized spacial score (nSPS) is 12.3. The standard InChI is InChI=1S/C23H30N2O3/c1-23(2,3)18(22(27)24-4)11-7-14-21(26)20-13-8-12-19(25-20)16-9-6-10-17(15-16)28-5/h6,8-10,12-13,15,18H,7,11,14H2,1-5H3,(H,24,27)/t18-/m1/s1. The topological polar surface area (TPSA) is 68.3 Å². The number of hydrogen-bond donors (Lipinski definition) is 1. The second-order valence-corrected chi connectivity index (χ2v) is 7.99. The first-order valence-corrected chi connectivity index (χ1v) is 9.62. The van der Waals surface area contributed by atoms with E-state index >= 15 is 0 Å². The second kappa shape index (κ2) is 9.49. The Morgan fingerprint density at radius 3 is 2.50 bits per heavy atom. The molecule has 1 aromatic carbocycles. The molecule has 0 radical (unpaired) electrons. The zero-order chi connectivity index (χ0) is 20.7. The van der Waals surface area contributed by atoms with Gasteiger partial charge in [-0.3, -0.25) is 9.59 Å². The van der Waals surface area contributed by atoms with Gasteiger partial charge in [0.25, 0.3) is 0 Å². The number of carbonyl (C=O) groups excluding carboxylic acids is 2. The summed E-state index contributed by atoms with van der Waals surface area (Å²) in [5.41, 5.74) is 1.95. The van der Waals surface area contributed by atoms with Crippen LogP contribution in [-0.2, 0) is 4.79 Å². The Morgan fingerprint density at radius 1 is 1.14 bits per heavy atom. The summed E-state index contributed by atoms with van der Waals surface area (Å²) in [7, 11) is 3.27. The van der Waals surface area contributed by atoms with Gasteiger partial charge in [-0.2, -0.15) is 0 Å². The molecule has 1 heterocycles. The van der Waals surface area contributed by atoms with E-state index in [9.17, 15) is 9.59 Å². The van der Waals surface area contributed by atoms with Gasteiger partial charge in [0.2, 0.25) is 5.91 Å². The highest BCUT2D eigenvalue weighted by Gasteiger charge is 2.30. The Labute approximate surface area is 167 Å². The number of amides is 1. The monoisotopic (exact) mass is 382 g/mol. The quantitative estimate of drug-likeness (QED) is 0.682. The van der Waals surface area contributed by atoms with Crippen LogP contribution in [0.15, 0.2) is 42.5 Å². The maximum absolute atomic E-state index is 12.6. The van der Waals surface area contributed by atoms with Gasteiger partial charge in [-0.15, -0.1) is 0 Å². The van der Waals surface area contributed by atoms with Crippen LogP contribution in [0.2, 0.25) is 0 Å². The number of methoxy groups -OCH3 is 1. The molecule has 5 nitrogen and oxygen atoms in total. The number of rotatable bonds is 8. The van der Waals surface area contributed by atoms with Crippen LogP contribution in [0.5, 0.6) is 5.75 Å². The molecule has 0 bridgehead atoms. The first kappa shape index (κ1) is 21.6. The molecule has 28 heavy (non-hydrogen) atoms. The number of ketones is 1. The molecular formula is C23H30N2O3. The summed E-state index contributed by atoms with van der Waals surface area (Å²) in [4.78, 5) is 29.3. The Balaban J connectivity index is 2.06. The van der Waals surface area contributed by atoms with Gasteiger partial charge >= 0.3 is 0 Å². The molecule has 5 heteroatoms. The first-order valence-electron chi connectivity index (χ1n) is 9.62. The fraction of sp³-hybridized carbons (Fsp3) is 0.435. The maximum atomic E-state index is 12.6. The summed E-state index contributed by atoms with van der Waals surface area (Å²) in [6.07, 6.45) is 1.70. The lowest BCUT2D eigenvalue weighted by Crippen LogP contribution is -2.36. The summed E-state index contributed by atoms with van der Waals surface area (Å²) >= 11 is 0. The smallest absolute Gasteiger partial charge is 0.223 e. The molecule has 0 fully saturated rings. The van der Waals surface area contributed by atoms with Crippen LogP contribution in [-0.4, -0.2) is 30.8 Å². The number of benzene rings is 1. The molecular weight excluding hydrogens is 352 g/mol. The highest BCUT2D eigenvalue weighted by atomic mass is 16.5. The van der Waals surface area contributed by atoms with E-state index in [1.807, 2.05) is 57.2 Å². The van der Waals surface area contributed by atoms with E-state index in [1.165, 1.54) is 0 Å². The first-order chi connectivity index (χ1) is 13.3.